The molecule has 4 rings (SSSR count). The van der Waals surface area contributed by atoms with Crippen molar-refractivity contribution >= 4 is 21.7 Å². The van der Waals surface area contributed by atoms with Gasteiger partial charge < -0.3 is 15.0 Å². The summed E-state index contributed by atoms with van der Waals surface area (Å²) in [5.41, 5.74) is 0.0497. The van der Waals surface area contributed by atoms with Crippen molar-refractivity contribution in [1.29, 1.82) is 0 Å². The molecule has 3 aliphatic rings. The van der Waals surface area contributed by atoms with Crippen LogP contribution in [0.1, 0.15) is 45.4 Å². The van der Waals surface area contributed by atoms with Crippen molar-refractivity contribution in [3.05, 3.63) is 30.1 Å². The van der Waals surface area contributed by atoms with Crippen molar-refractivity contribution < 1.29 is 22.3 Å². The van der Waals surface area contributed by atoms with Crippen LogP contribution in [0.5, 0.6) is 0 Å². The summed E-state index contributed by atoms with van der Waals surface area (Å²) in [7, 11) is -3.24. The first-order valence-electron chi connectivity index (χ1n) is 10.8. The molecule has 2 heterocycles. The number of likely N-dealkylation sites (tertiary alicyclic amines) is 1. The maximum atomic E-state index is 13.3. The molecule has 2 saturated heterocycles. The second-order valence-electron chi connectivity index (χ2n) is 8.57. The van der Waals surface area contributed by atoms with E-state index in [-0.39, 0.29) is 29.5 Å². The van der Waals surface area contributed by atoms with E-state index in [0.717, 1.165) is 19.3 Å². The molecule has 3 fully saturated rings. The van der Waals surface area contributed by atoms with Crippen molar-refractivity contribution in [2.45, 2.75) is 63.1 Å². The van der Waals surface area contributed by atoms with Crippen LogP contribution >= 0.6 is 0 Å². The molecule has 1 atom stereocenters. The topological polar surface area (TPSA) is 79.0 Å². The van der Waals surface area contributed by atoms with Gasteiger partial charge in [-0.3, -0.25) is 0 Å². The van der Waals surface area contributed by atoms with Crippen LogP contribution in [0.4, 0.5) is 14.9 Å². The number of piperidine rings is 1. The molecule has 1 aromatic carbocycles. The summed E-state index contributed by atoms with van der Waals surface area (Å²) in [5.74, 6) is -0.267. The number of nitrogens with zero attached hydrogens (tertiary/aromatic N) is 2. The number of hydrogen-bond acceptors (Lipinski definition) is 4. The number of sulfonamides is 1. The number of halogens is 1. The normalized spacial score (nSPS) is 24.2. The summed E-state index contributed by atoms with van der Waals surface area (Å²) in [6, 6.07) is 5.70. The minimum Gasteiger partial charge on any atom is -0.375 e. The predicted octanol–water partition coefficient (Wildman–Crippen LogP) is 3.19. The summed E-state index contributed by atoms with van der Waals surface area (Å²) >= 11 is 0. The van der Waals surface area contributed by atoms with E-state index in [1.807, 2.05) is 0 Å². The standard InChI is InChI=1S/C21H30FN3O4S/c1-2-30(27,28)25(18-6-7-18)19-8-13-29-21(15-19)9-11-24(12-10-21)20(26)23-17-5-3-4-16(22)14-17/h3-5,14,18-19H,2,6-13,15H2,1H3,(H,23,26). The molecule has 1 spiro atoms. The van der Waals surface area contributed by atoms with E-state index in [1.54, 1.807) is 28.3 Å². The Morgan fingerprint density at radius 2 is 2.00 bits per heavy atom. The van der Waals surface area contributed by atoms with Crippen LogP contribution < -0.4 is 5.32 Å². The number of anilines is 1. The molecule has 1 aromatic rings. The fourth-order valence-corrected chi connectivity index (χ4v) is 6.28. The van der Waals surface area contributed by atoms with Gasteiger partial charge in [0.1, 0.15) is 5.82 Å². The fourth-order valence-electron chi connectivity index (χ4n) is 4.68. The number of hydrogen-bond donors (Lipinski definition) is 1. The third-order valence-electron chi connectivity index (χ3n) is 6.46. The van der Waals surface area contributed by atoms with Gasteiger partial charge in [-0.2, -0.15) is 4.31 Å². The average molecular weight is 440 g/mol. The van der Waals surface area contributed by atoms with Gasteiger partial charge in [0.25, 0.3) is 0 Å². The van der Waals surface area contributed by atoms with Crippen LogP contribution in [0.2, 0.25) is 0 Å². The molecule has 0 aromatic heterocycles. The molecule has 1 unspecified atom stereocenters. The number of nitrogens with one attached hydrogen (secondary N) is 1. The summed E-state index contributed by atoms with van der Waals surface area (Å²) < 4.78 is 46.6. The van der Waals surface area contributed by atoms with E-state index >= 15 is 0 Å². The van der Waals surface area contributed by atoms with Gasteiger partial charge in [-0.15, -0.1) is 0 Å². The molecule has 9 heteroatoms. The van der Waals surface area contributed by atoms with Gasteiger partial charge in [0.2, 0.25) is 10.0 Å². The Bertz CT molecular complexity index is 882. The summed E-state index contributed by atoms with van der Waals surface area (Å²) in [6.45, 7) is 3.30. The van der Waals surface area contributed by atoms with Crippen LogP contribution in [0, 0.1) is 5.82 Å². The minimum atomic E-state index is -3.24. The molecule has 30 heavy (non-hydrogen) atoms. The van der Waals surface area contributed by atoms with Gasteiger partial charge >= 0.3 is 6.03 Å². The number of ether oxygens (including phenoxy) is 1. The molecular weight excluding hydrogens is 409 g/mol. The summed E-state index contributed by atoms with van der Waals surface area (Å²) in [6.07, 6.45) is 4.63. The van der Waals surface area contributed by atoms with E-state index in [2.05, 4.69) is 5.32 Å². The van der Waals surface area contributed by atoms with Crippen molar-refractivity contribution in [3.63, 3.8) is 0 Å². The van der Waals surface area contributed by atoms with E-state index in [1.165, 1.54) is 12.1 Å². The van der Waals surface area contributed by atoms with Gasteiger partial charge in [0.05, 0.1) is 11.4 Å². The third-order valence-corrected chi connectivity index (χ3v) is 8.43. The number of amides is 2. The van der Waals surface area contributed by atoms with Crippen LogP contribution in [0.15, 0.2) is 24.3 Å². The second kappa shape index (κ2) is 8.43. The van der Waals surface area contributed by atoms with Gasteiger partial charge in [0.15, 0.2) is 0 Å². The zero-order valence-electron chi connectivity index (χ0n) is 17.3. The number of benzene rings is 1. The van der Waals surface area contributed by atoms with Crippen molar-refractivity contribution in [2.75, 3.05) is 30.8 Å². The van der Waals surface area contributed by atoms with Crippen LogP contribution in [0.25, 0.3) is 0 Å². The van der Waals surface area contributed by atoms with Crippen molar-refractivity contribution in [3.8, 4) is 0 Å². The second-order valence-corrected chi connectivity index (χ2v) is 10.7. The molecule has 1 N–H and O–H groups in total. The van der Waals surface area contributed by atoms with Crippen LogP contribution in [-0.4, -0.2) is 66.8 Å². The quantitative estimate of drug-likeness (QED) is 0.764. The summed E-state index contributed by atoms with van der Waals surface area (Å²) in [5, 5.41) is 2.74. The molecule has 0 bridgehead atoms. The lowest BCUT2D eigenvalue weighted by Crippen LogP contribution is -2.56. The van der Waals surface area contributed by atoms with Crippen molar-refractivity contribution in [1.82, 2.24) is 9.21 Å². The highest BCUT2D eigenvalue weighted by atomic mass is 32.2. The van der Waals surface area contributed by atoms with E-state index in [0.29, 0.717) is 44.6 Å². The Hall–Kier alpha value is -1.71. The zero-order valence-corrected chi connectivity index (χ0v) is 18.2. The Labute approximate surface area is 177 Å². The smallest absolute Gasteiger partial charge is 0.321 e. The zero-order chi connectivity index (χ0) is 21.4. The molecule has 0 radical (unpaired) electrons. The highest BCUT2D eigenvalue weighted by Crippen LogP contribution is 2.41. The number of urea groups is 1. The molecule has 166 valence electrons. The SMILES string of the molecule is CCS(=O)(=O)N(C1CC1)C1CCOC2(CCN(C(=O)Nc3cccc(F)c3)CC2)C1. The van der Waals surface area contributed by atoms with Crippen LogP contribution in [0.3, 0.4) is 0 Å². The lowest BCUT2D eigenvalue weighted by atomic mass is 9.82. The number of carbonyl (C=O) groups excluding carboxylic acids is 1. The third kappa shape index (κ3) is 4.63. The number of rotatable bonds is 5. The lowest BCUT2D eigenvalue weighted by molar-refractivity contribution is -0.122. The summed E-state index contributed by atoms with van der Waals surface area (Å²) in [4.78, 5) is 14.3. The van der Waals surface area contributed by atoms with Gasteiger partial charge in [-0.25, -0.2) is 17.6 Å². The highest BCUT2D eigenvalue weighted by molar-refractivity contribution is 7.89. The lowest BCUT2D eigenvalue weighted by Gasteiger charge is -2.48. The maximum absolute atomic E-state index is 13.3. The minimum absolute atomic E-state index is 0.0242. The van der Waals surface area contributed by atoms with E-state index < -0.39 is 15.8 Å². The van der Waals surface area contributed by atoms with Crippen LogP contribution in [-0.2, 0) is 14.8 Å². The first-order chi connectivity index (χ1) is 14.3. The van der Waals surface area contributed by atoms with Crippen molar-refractivity contribution in [2.24, 2.45) is 0 Å². The molecular formula is C21H30FN3O4S. The van der Waals surface area contributed by atoms with Gasteiger partial charge in [-0.1, -0.05) is 6.07 Å². The Kier molecular flexibility index (Phi) is 6.05. The van der Waals surface area contributed by atoms with E-state index in [4.69, 9.17) is 4.74 Å². The largest absolute Gasteiger partial charge is 0.375 e. The average Bonchev–Trinajstić information content (AvgIpc) is 3.53. The van der Waals surface area contributed by atoms with Gasteiger partial charge in [0, 0.05) is 37.5 Å². The first kappa shape index (κ1) is 21.5. The highest BCUT2D eigenvalue weighted by Gasteiger charge is 2.48. The fraction of sp³-hybridized carbons (Fsp3) is 0.667. The first-order valence-corrected chi connectivity index (χ1v) is 12.4. The molecule has 2 aliphatic heterocycles. The molecule has 1 saturated carbocycles. The molecule has 2 amide bonds. The van der Waals surface area contributed by atoms with E-state index in [9.17, 15) is 17.6 Å². The predicted molar refractivity (Wildman–Crippen MR) is 112 cm³/mol. The molecule has 1 aliphatic carbocycles. The monoisotopic (exact) mass is 439 g/mol. The Morgan fingerprint density at radius 1 is 1.27 bits per heavy atom. The Balaban J connectivity index is 1.38. The van der Waals surface area contributed by atoms with Gasteiger partial charge in [-0.05, 0) is 63.6 Å². The molecule has 7 nitrogen and oxygen atoms in total. The maximum Gasteiger partial charge on any atom is 0.321 e. The Morgan fingerprint density at radius 3 is 2.63 bits per heavy atom. The number of carbonyl (C=O) groups is 1.